The van der Waals surface area contributed by atoms with Gasteiger partial charge in [-0.15, -0.1) is 11.8 Å². The Morgan fingerprint density at radius 3 is 3.15 bits per heavy atom. The lowest BCUT2D eigenvalue weighted by Gasteiger charge is -1.96. The zero-order valence-corrected chi connectivity index (χ0v) is 7.65. The summed E-state index contributed by atoms with van der Waals surface area (Å²) in [4.78, 5) is 18.1. The van der Waals surface area contributed by atoms with Gasteiger partial charge in [0, 0.05) is 16.0 Å². The van der Waals surface area contributed by atoms with Crippen LogP contribution in [0.25, 0.3) is 10.4 Å². The Hall–Kier alpha value is -1.52. The highest BCUT2D eigenvalue weighted by Crippen LogP contribution is 2.14. The molecule has 5 nitrogen and oxygen atoms in total. The van der Waals surface area contributed by atoms with Gasteiger partial charge in [-0.05, 0) is 29.0 Å². The van der Waals surface area contributed by atoms with Crippen LogP contribution in [0, 0.1) is 0 Å². The third kappa shape index (κ3) is 2.47. The third-order valence-corrected chi connectivity index (χ3v) is 2.05. The van der Waals surface area contributed by atoms with Crippen LogP contribution in [0.4, 0.5) is 0 Å². The average Bonchev–Trinajstić information content (AvgIpc) is 2.18. The Balaban J connectivity index is 3.01. The van der Waals surface area contributed by atoms with Crippen molar-refractivity contribution in [3.05, 3.63) is 34.5 Å². The van der Waals surface area contributed by atoms with Crippen molar-refractivity contribution >= 4 is 17.7 Å². The van der Waals surface area contributed by atoms with Crippen molar-refractivity contribution in [2.24, 2.45) is 5.11 Å². The van der Waals surface area contributed by atoms with Crippen molar-refractivity contribution in [3.8, 4) is 0 Å². The quantitative estimate of drug-likeness (QED) is 0.313. The molecule has 0 spiro atoms. The normalized spacial score (nSPS) is 9.00. The van der Waals surface area contributed by atoms with E-state index >= 15 is 0 Å². The standard InChI is InChI=1S/C7H6N4OS/c1-13-5-2-3-9-6(4-5)7(12)10-11-8/h2-4H,1H3. The van der Waals surface area contributed by atoms with Crippen molar-refractivity contribution in [1.82, 2.24) is 4.98 Å². The molecule has 0 bridgehead atoms. The molecule has 0 aromatic carbocycles. The number of aromatic nitrogens is 1. The minimum atomic E-state index is -0.654. The molecule has 0 radical (unpaired) electrons. The Morgan fingerprint density at radius 2 is 2.54 bits per heavy atom. The number of pyridine rings is 1. The molecule has 1 heterocycles. The SMILES string of the molecule is CSc1ccnc(C(=O)N=[N+]=[N-])c1. The largest absolute Gasteiger partial charge is 0.285 e. The summed E-state index contributed by atoms with van der Waals surface area (Å²) >= 11 is 1.49. The Labute approximate surface area is 78.8 Å². The van der Waals surface area contributed by atoms with Crippen LogP contribution in [-0.4, -0.2) is 17.1 Å². The highest BCUT2D eigenvalue weighted by molar-refractivity contribution is 7.98. The highest BCUT2D eigenvalue weighted by atomic mass is 32.2. The zero-order chi connectivity index (χ0) is 9.68. The maximum atomic E-state index is 11.0. The summed E-state index contributed by atoms with van der Waals surface area (Å²) in [6.45, 7) is 0. The van der Waals surface area contributed by atoms with Gasteiger partial charge in [0.05, 0.1) is 0 Å². The van der Waals surface area contributed by atoms with Gasteiger partial charge >= 0.3 is 0 Å². The van der Waals surface area contributed by atoms with Gasteiger partial charge < -0.3 is 0 Å². The molecule has 1 rings (SSSR count). The minimum absolute atomic E-state index is 0.171. The molecule has 0 aliphatic rings. The zero-order valence-electron chi connectivity index (χ0n) is 6.84. The van der Waals surface area contributed by atoms with E-state index in [1.807, 2.05) is 6.26 Å². The fourth-order valence-electron chi connectivity index (χ4n) is 0.747. The van der Waals surface area contributed by atoms with Gasteiger partial charge in [0.25, 0.3) is 5.91 Å². The van der Waals surface area contributed by atoms with Gasteiger partial charge in [0.1, 0.15) is 5.69 Å². The molecule has 0 atom stereocenters. The first kappa shape index (κ1) is 9.57. The van der Waals surface area contributed by atoms with E-state index < -0.39 is 5.91 Å². The van der Waals surface area contributed by atoms with Gasteiger partial charge in [-0.3, -0.25) is 9.78 Å². The van der Waals surface area contributed by atoms with Crippen LogP contribution < -0.4 is 0 Å². The predicted octanol–water partition coefficient (Wildman–Crippen LogP) is 2.25. The first-order valence-corrected chi connectivity index (χ1v) is 4.60. The van der Waals surface area contributed by atoms with Crippen molar-refractivity contribution in [2.75, 3.05) is 6.26 Å². The number of thioether (sulfide) groups is 1. The fourth-order valence-corrected chi connectivity index (χ4v) is 1.17. The first-order chi connectivity index (χ1) is 6.27. The lowest BCUT2D eigenvalue weighted by atomic mass is 10.3. The Morgan fingerprint density at radius 1 is 1.77 bits per heavy atom. The second-order valence-electron chi connectivity index (χ2n) is 2.08. The number of rotatable bonds is 2. The van der Waals surface area contributed by atoms with E-state index in [0.717, 1.165) is 4.90 Å². The third-order valence-electron chi connectivity index (χ3n) is 1.32. The van der Waals surface area contributed by atoms with E-state index in [2.05, 4.69) is 15.0 Å². The molecule has 0 unspecified atom stereocenters. The van der Waals surface area contributed by atoms with E-state index in [9.17, 15) is 4.79 Å². The smallest absolute Gasteiger partial charge is 0.267 e. The summed E-state index contributed by atoms with van der Waals surface area (Å²) in [5, 5.41) is 2.94. The van der Waals surface area contributed by atoms with E-state index in [0.29, 0.717) is 0 Å². The van der Waals surface area contributed by atoms with E-state index in [1.165, 1.54) is 18.0 Å². The molecule has 0 aliphatic heterocycles. The fraction of sp³-hybridized carbons (Fsp3) is 0.143. The van der Waals surface area contributed by atoms with Gasteiger partial charge in [-0.1, -0.05) is 0 Å². The highest BCUT2D eigenvalue weighted by Gasteiger charge is 2.04. The minimum Gasteiger partial charge on any atom is -0.285 e. The molecule has 1 aromatic rings. The number of amides is 1. The van der Waals surface area contributed by atoms with Crippen molar-refractivity contribution in [2.45, 2.75) is 4.90 Å². The first-order valence-electron chi connectivity index (χ1n) is 3.37. The van der Waals surface area contributed by atoms with Crippen LogP contribution in [0.5, 0.6) is 0 Å². The van der Waals surface area contributed by atoms with Gasteiger partial charge in [0.2, 0.25) is 0 Å². The average molecular weight is 194 g/mol. The summed E-state index contributed by atoms with van der Waals surface area (Å²) in [6, 6.07) is 3.36. The van der Waals surface area contributed by atoms with Crippen molar-refractivity contribution < 1.29 is 4.79 Å². The lowest BCUT2D eigenvalue weighted by Crippen LogP contribution is -1.96. The van der Waals surface area contributed by atoms with Crippen LogP contribution in [-0.2, 0) is 0 Å². The Kier molecular flexibility index (Phi) is 3.31. The molecule has 0 N–H and O–H groups in total. The molecule has 6 heteroatoms. The number of hydrogen-bond donors (Lipinski definition) is 0. The van der Waals surface area contributed by atoms with Crippen molar-refractivity contribution in [1.29, 1.82) is 0 Å². The van der Waals surface area contributed by atoms with E-state index in [-0.39, 0.29) is 5.69 Å². The van der Waals surface area contributed by atoms with Crippen LogP contribution in [0.1, 0.15) is 10.5 Å². The molecule has 0 fully saturated rings. The maximum absolute atomic E-state index is 11.0. The number of nitrogens with zero attached hydrogens (tertiary/aromatic N) is 4. The van der Waals surface area contributed by atoms with E-state index in [4.69, 9.17) is 5.53 Å². The van der Waals surface area contributed by atoms with Crippen LogP contribution in [0.2, 0.25) is 0 Å². The number of carbonyl (C=O) groups is 1. The van der Waals surface area contributed by atoms with Gasteiger partial charge in [-0.2, -0.15) is 0 Å². The number of carbonyl (C=O) groups excluding carboxylic acids is 1. The molecule has 1 amide bonds. The Bertz CT molecular complexity index is 373. The summed E-state index contributed by atoms with van der Waals surface area (Å²) < 4.78 is 0. The summed E-state index contributed by atoms with van der Waals surface area (Å²) in [7, 11) is 0. The predicted molar refractivity (Wildman–Crippen MR) is 49.5 cm³/mol. The topological polar surface area (TPSA) is 78.7 Å². The van der Waals surface area contributed by atoms with Gasteiger partial charge in [0.15, 0.2) is 0 Å². The summed E-state index contributed by atoms with van der Waals surface area (Å²) in [5.41, 5.74) is 8.20. The maximum Gasteiger partial charge on any atom is 0.267 e. The second kappa shape index (κ2) is 4.49. The lowest BCUT2D eigenvalue weighted by molar-refractivity contribution is 0.0995. The molecule has 0 saturated heterocycles. The van der Waals surface area contributed by atoms with Gasteiger partial charge in [-0.25, -0.2) is 0 Å². The summed E-state index contributed by atoms with van der Waals surface area (Å²) in [5.74, 6) is -0.654. The molecule has 0 saturated carbocycles. The van der Waals surface area contributed by atoms with Crippen LogP contribution in [0.15, 0.2) is 28.3 Å². The molecule has 1 aromatic heterocycles. The monoisotopic (exact) mass is 194 g/mol. The molecular formula is C7H6N4OS. The van der Waals surface area contributed by atoms with E-state index in [1.54, 1.807) is 12.1 Å². The molecule has 13 heavy (non-hydrogen) atoms. The number of hydrogen-bond acceptors (Lipinski definition) is 3. The molecule has 66 valence electrons. The molecular weight excluding hydrogens is 188 g/mol. The van der Waals surface area contributed by atoms with Crippen LogP contribution >= 0.6 is 11.8 Å². The number of azide groups is 1. The van der Waals surface area contributed by atoms with Crippen molar-refractivity contribution in [3.63, 3.8) is 0 Å². The second-order valence-corrected chi connectivity index (χ2v) is 2.96. The summed E-state index contributed by atoms with van der Waals surface area (Å²) in [6.07, 6.45) is 3.39. The molecule has 0 aliphatic carbocycles. The van der Waals surface area contributed by atoms with Crippen LogP contribution in [0.3, 0.4) is 0 Å².